The summed E-state index contributed by atoms with van der Waals surface area (Å²) in [6, 6.07) is 8.49. The summed E-state index contributed by atoms with van der Waals surface area (Å²) in [5, 5.41) is 10.4. The quantitative estimate of drug-likeness (QED) is 0.881. The van der Waals surface area contributed by atoms with Crippen molar-refractivity contribution in [1.29, 1.82) is 0 Å². The minimum Gasteiger partial charge on any atom is -0.388 e. The van der Waals surface area contributed by atoms with Crippen LogP contribution in [-0.2, 0) is 4.74 Å². The maximum Gasteiger partial charge on any atom is 0.0819 e. The van der Waals surface area contributed by atoms with Crippen LogP contribution in [0.3, 0.4) is 0 Å². The van der Waals surface area contributed by atoms with E-state index in [1.165, 1.54) is 5.56 Å². The largest absolute Gasteiger partial charge is 0.388 e. The number of benzene rings is 1. The lowest BCUT2D eigenvalue weighted by Gasteiger charge is -2.27. The van der Waals surface area contributed by atoms with Crippen LogP contribution >= 0.6 is 0 Å². The molecule has 100 valence electrons. The van der Waals surface area contributed by atoms with Crippen LogP contribution in [-0.4, -0.2) is 18.3 Å². The first-order valence-electron chi connectivity index (χ1n) is 7.08. The molecule has 0 aromatic heterocycles. The Balaban J connectivity index is 2.03. The monoisotopic (exact) mass is 248 g/mol. The first-order chi connectivity index (χ1) is 8.72. The van der Waals surface area contributed by atoms with Gasteiger partial charge in [0.15, 0.2) is 0 Å². The number of aliphatic hydroxyl groups excluding tert-OH is 1. The molecule has 1 saturated heterocycles. The maximum atomic E-state index is 10.4. The third kappa shape index (κ3) is 3.12. The third-order valence-electron chi connectivity index (χ3n) is 4.17. The second-order valence-corrected chi connectivity index (χ2v) is 5.37. The van der Waals surface area contributed by atoms with E-state index in [1.54, 1.807) is 0 Å². The molecule has 0 spiro atoms. The smallest absolute Gasteiger partial charge is 0.0819 e. The van der Waals surface area contributed by atoms with Gasteiger partial charge < -0.3 is 9.84 Å². The minimum absolute atomic E-state index is 0.333. The molecule has 0 bridgehead atoms. The molecule has 0 saturated carbocycles. The Morgan fingerprint density at radius 3 is 2.28 bits per heavy atom. The second kappa shape index (κ2) is 6.35. The third-order valence-corrected chi connectivity index (χ3v) is 4.17. The van der Waals surface area contributed by atoms with Gasteiger partial charge in [0.25, 0.3) is 0 Å². The molecule has 0 amide bonds. The van der Waals surface area contributed by atoms with E-state index in [0.717, 1.165) is 38.0 Å². The molecule has 1 aliphatic heterocycles. The van der Waals surface area contributed by atoms with Crippen molar-refractivity contribution < 1.29 is 9.84 Å². The van der Waals surface area contributed by atoms with Gasteiger partial charge in [-0.05, 0) is 42.2 Å². The highest BCUT2D eigenvalue weighted by Gasteiger charge is 2.23. The van der Waals surface area contributed by atoms with Crippen LogP contribution < -0.4 is 0 Å². The number of aliphatic hydroxyl groups is 1. The van der Waals surface area contributed by atoms with Crippen LogP contribution in [0, 0.1) is 5.92 Å². The summed E-state index contributed by atoms with van der Waals surface area (Å²) in [5.41, 5.74) is 2.41. The summed E-state index contributed by atoms with van der Waals surface area (Å²) in [5.74, 6) is 0.951. The van der Waals surface area contributed by atoms with Crippen molar-refractivity contribution in [2.24, 2.45) is 5.92 Å². The molecule has 0 radical (unpaired) electrons. The van der Waals surface area contributed by atoms with Gasteiger partial charge in [-0.25, -0.2) is 0 Å². The lowest BCUT2D eigenvalue weighted by molar-refractivity contribution is 0.00718. The average molecular weight is 248 g/mol. The van der Waals surface area contributed by atoms with Gasteiger partial charge in [0.2, 0.25) is 0 Å². The Morgan fingerprint density at radius 2 is 1.72 bits per heavy atom. The van der Waals surface area contributed by atoms with Gasteiger partial charge >= 0.3 is 0 Å². The van der Waals surface area contributed by atoms with Crippen LogP contribution in [0.4, 0.5) is 0 Å². The molecule has 1 heterocycles. The average Bonchev–Trinajstić information content (AvgIpc) is 2.47. The van der Waals surface area contributed by atoms with Gasteiger partial charge in [0.05, 0.1) is 6.10 Å². The van der Waals surface area contributed by atoms with Crippen LogP contribution in [0.25, 0.3) is 0 Å². The lowest BCUT2D eigenvalue weighted by atomic mass is 9.88. The summed E-state index contributed by atoms with van der Waals surface area (Å²) in [4.78, 5) is 0. The molecule has 1 fully saturated rings. The predicted molar refractivity (Wildman–Crippen MR) is 73.7 cm³/mol. The Labute approximate surface area is 110 Å². The highest BCUT2D eigenvalue weighted by atomic mass is 16.5. The van der Waals surface area contributed by atoms with E-state index >= 15 is 0 Å². The summed E-state index contributed by atoms with van der Waals surface area (Å²) in [7, 11) is 0. The summed E-state index contributed by atoms with van der Waals surface area (Å²) in [6.07, 6.45) is 2.75. The molecule has 1 aliphatic rings. The standard InChI is InChI=1S/C16H24O2/c1-3-12(2)13-4-6-14(7-5-13)16(17)15-8-10-18-11-9-15/h4-7,12,15-17H,3,8-11H2,1-2H3. The fraction of sp³-hybridized carbons (Fsp3) is 0.625. The first kappa shape index (κ1) is 13.6. The van der Waals surface area contributed by atoms with Crippen molar-refractivity contribution in [2.45, 2.75) is 45.1 Å². The van der Waals surface area contributed by atoms with Gasteiger partial charge in [-0.15, -0.1) is 0 Å². The van der Waals surface area contributed by atoms with Crippen molar-refractivity contribution >= 4 is 0 Å². The molecule has 2 rings (SSSR count). The van der Waals surface area contributed by atoms with E-state index in [-0.39, 0.29) is 6.10 Å². The zero-order valence-corrected chi connectivity index (χ0v) is 11.4. The van der Waals surface area contributed by atoms with Crippen molar-refractivity contribution in [1.82, 2.24) is 0 Å². The maximum absolute atomic E-state index is 10.4. The molecule has 18 heavy (non-hydrogen) atoms. The van der Waals surface area contributed by atoms with Crippen LogP contribution in [0.15, 0.2) is 24.3 Å². The van der Waals surface area contributed by atoms with Crippen molar-refractivity contribution in [3.05, 3.63) is 35.4 Å². The fourth-order valence-corrected chi connectivity index (χ4v) is 2.56. The van der Waals surface area contributed by atoms with E-state index in [2.05, 4.69) is 38.1 Å². The summed E-state index contributed by atoms with van der Waals surface area (Å²) >= 11 is 0. The Hall–Kier alpha value is -0.860. The van der Waals surface area contributed by atoms with Gasteiger partial charge in [-0.3, -0.25) is 0 Å². The lowest BCUT2D eigenvalue weighted by Crippen LogP contribution is -2.21. The van der Waals surface area contributed by atoms with E-state index in [4.69, 9.17) is 4.74 Å². The van der Waals surface area contributed by atoms with Crippen molar-refractivity contribution in [3.63, 3.8) is 0 Å². The van der Waals surface area contributed by atoms with Gasteiger partial charge in [-0.1, -0.05) is 38.1 Å². The van der Waals surface area contributed by atoms with Crippen molar-refractivity contribution in [3.8, 4) is 0 Å². The second-order valence-electron chi connectivity index (χ2n) is 5.37. The normalized spacial score (nSPS) is 20.6. The molecule has 1 N–H and O–H groups in total. The summed E-state index contributed by atoms with van der Waals surface area (Å²) < 4.78 is 5.34. The zero-order chi connectivity index (χ0) is 13.0. The van der Waals surface area contributed by atoms with Gasteiger partial charge in [0, 0.05) is 13.2 Å². The van der Waals surface area contributed by atoms with E-state index in [0.29, 0.717) is 11.8 Å². The molecule has 0 aliphatic carbocycles. The molecule has 1 aromatic rings. The number of rotatable bonds is 4. The van der Waals surface area contributed by atoms with E-state index in [9.17, 15) is 5.11 Å². The van der Waals surface area contributed by atoms with Crippen LogP contribution in [0.2, 0.25) is 0 Å². The molecule has 2 atom stereocenters. The van der Waals surface area contributed by atoms with Gasteiger partial charge in [-0.2, -0.15) is 0 Å². The predicted octanol–water partition coefficient (Wildman–Crippen LogP) is 3.66. The molecule has 2 heteroatoms. The highest BCUT2D eigenvalue weighted by molar-refractivity contribution is 5.26. The Bertz CT molecular complexity index is 352. The highest BCUT2D eigenvalue weighted by Crippen LogP contribution is 2.30. The first-order valence-corrected chi connectivity index (χ1v) is 7.08. The van der Waals surface area contributed by atoms with E-state index in [1.807, 2.05) is 0 Å². The number of hydrogen-bond acceptors (Lipinski definition) is 2. The molecular weight excluding hydrogens is 224 g/mol. The zero-order valence-electron chi connectivity index (χ0n) is 11.4. The van der Waals surface area contributed by atoms with Gasteiger partial charge in [0.1, 0.15) is 0 Å². The summed E-state index contributed by atoms with van der Waals surface area (Å²) in [6.45, 7) is 6.01. The van der Waals surface area contributed by atoms with Crippen molar-refractivity contribution in [2.75, 3.05) is 13.2 Å². The number of hydrogen-bond donors (Lipinski definition) is 1. The molecule has 2 nitrogen and oxygen atoms in total. The molecule has 2 unspecified atom stereocenters. The fourth-order valence-electron chi connectivity index (χ4n) is 2.56. The Kier molecular flexibility index (Phi) is 4.79. The van der Waals surface area contributed by atoms with Crippen LogP contribution in [0.5, 0.6) is 0 Å². The number of ether oxygens (including phenoxy) is 1. The SMILES string of the molecule is CCC(C)c1ccc(C(O)C2CCOCC2)cc1. The minimum atomic E-state index is -0.333. The molecular formula is C16H24O2. The van der Waals surface area contributed by atoms with E-state index < -0.39 is 0 Å². The topological polar surface area (TPSA) is 29.5 Å². The van der Waals surface area contributed by atoms with Crippen LogP contribution in [0.1, 0.15) is 56.3 Å². The Morgan fingerprint density at radius 1 is 1.17 bits per heavy atom. The molecule has 1 aromatic carbocycles.